The zero-order valence-electron chi connectivity index (χ0n) is 16.9. The average molecular weight is 410 g/mol. The molecule has 0 aliphatic carbocycles. The number of hydrogen-bond acceptors (Lipinski definition) is 5. The first kappa shape index (κ1) is 19.6. The van der Waals surface area contributed by atoms with Gasteiger partial charge in [-0.25, -0.2) is 4.90 Å². The van der Waals surface area contributed by atoms with E-state index < -0.39 is 0 Å². The fourth-order valence-electron chi connectivity index (χ4n) is 3.59. The van der Waals surface area contributed by atoms with Crippen LogP contribution in [-0.2, 0) is 9.59 Å². The fraction of sp³-hybridized carbons (Fsp3) is 0.304. The Labute approximate surface area is 174 Å². The van der Waals surface area contributed by atoms with Gasteiger partial charge >= 0.3 is 0 Å². The lowest BCUT2D eigenvalue weighted by atomic mass is 9.99. The summed E-state index contributed by atoms with van der Waals surface area (Å²) in [5.74, 6) is 0.577. The molecule has 2 aromatic carbocycles. The zero-order chi connectivity index (χ0) is 20.7. The lowest BCUT2D eigenvalue weighted by Gasteiger charge is -2.21. The quantitative estimate of drug-likeness (QED) is 0.696. The third-order valence-corrected chi connectivity index (χ3v) is 5.92. The zero-order valence-corrected chi connectivity index (χ0v) is 17.8. The number of imide groups is 1. The number of aryl methyl sites for hydroxylation is 2. The number of anilines is 1. The van der Waals surface area contributed by atoms with Gasteiger partial charge in [0.05, 0.1) is 16.2 Å². The number of amides is 2. The van der Waals surface area contributed by atoms with Crippen molar-refractivity contribution in [1.82, 2.24) is 0 Å². The van der Waals surface area contributed by atoms with Crippen LogP contribution in [0.15, 0.2) is 41.3 Å². The lowest BCUT2D eigenvalue weighted by molar-refractivity contribution is -0.119. The second kappa shape index (κ2) is 7.59. The molecule has 0 unspecified atom stereocenters. The number of ether oxygens (including phenoxy) is 2. The van der Waals surface area contributed by atoms with Crippen molar-refractivity contribution < 1.29 is 19.1 Å². The van der Waals surface area contributed by atoms with Gasteiger partial charge in [0.2, 0.25) is 0 Å². The molecule has 0 radical (unpaired) electrons. The minimum absolute atomic E-state index is 0.169. The van der Waals surface area contributed by atoms with Gasteiger partial charge in [-0.05, 0) is 37.1 Å². The summed E-state index contributed by atoms with van der Waals surface area (Å²) in [4.78, 5) is 28.6. The van der Waals surface area contributed by atoms with Crippen LogP contribution >= 0.6 is 11.8 Å². The minimum atomic E-state index is -0.304. The monoisotopic (exact) mass is 409 g/mol. The Balaban J connectivity index is 1.80. The summed E-state index contributed by atoms with van der Waals surface area (Å²) in [5, 5.41) is 0.169. The molecule has 0 N–H and O–H groups in total. The molecule has 5 nitrogen and oxygen atoms in total. The Morgan fingerprint density at radius 1 is 0.931 bits per heavy atom. The summed E-state index contributed by atoms with van der Waals surface area (Å²) in [6, 6.07) is 11.1. The SMILES string of the molecule is Cc1ccc(C2=C(SC(C)C)C(=O)N(c3ccc4c(c3)OCCO4)C2=O)c(C)c1. The van der Waals surface area contributed by atoms with Crippen molar-refractivity contribution in [2.75, 3.05) is 18.1 Å². The van der Waals surface area contributed by atoms with Crippen LogP contribution < -0.4 is 14.4 Å². The van der Waals surface area contributed by atoms with Gasteiger partial charge in [-0.2, -0.15) is 0 Å². The van der Waals surface area contributed by atoms with E-state index in [1.54, 1.807) is 18.2 Å². The predicted octanol–water partition coefficient (Wildman–Crippen LogP) is 4.50. The molecule has 0 saturated heterocycles. The fourth-order valence-corrected chi connectivity index (χ4v) is 4.57. The molecule has 2 aliphatic rings. The number of benzene rings is 2. The second-order valence-electron chi connectivity index (χ2n) is 7.46. The number of carbonyl (C=O) groups excluding carboxylic acids is 2. The summed E-state index contributed by atoms with van der Waals surface area (Å²) >= 11 is 1.43. The van der Waals surface area contributed by atoms with Crippen molar-refractivity contribution in [3.8, 4) is 11.5 Å². The van der Waals surface area contributed by atoms with Crippen molar-refractivity contribution in [3.05, 3.63) is 58.0 Å². The predicted molar refractivity (Wildman–Crippen MR) is 115 cm³/mol. The van der Waals surface area contributed by atoms with E-state index in [1.165, 1.54) is 16.7 Å². The van der Waals surface area contributed by atoms with Crippen molar-refractivity contribution in [2.45, 2.75) is 32.9 Å². The number of carbonyl (C=O) groups is 2. The molecule has 0 atom stereocenters. The Kier molecular flexibility index (Phi) is 5.13. The van der Waals surface area contributed by atoms with Crippen LogP contribution in [-0.4, -0.2) is 30.3 Å². The Bertz CT molecular complexity index is 1040. The van der Waals surface area contributed by atoms with Gasteiger partial charge < -0.3 is 9.47 Å². The van der Waals surface area contributed by atoms with Gasteiger partial charge in [0.15, 0.2) is 11.5 Å². The van der Waals surface area contributed by atoms with E-state index in [1.807, 2.05) is 45.9 Å². The molecule has 0 fully saturated rings. The summed E-state index contributed by atoms with van der Waals surface area (Å²) in [6.07, 6.45) is 0. The summed E-state index contributed by atoms with van der Waals surface area (Å²) in [6.45, 7) is 8.94. The van der Waals surface area contributed by atoms with E-state index in [4.69, 9.17) is 9.47 Å². The highest BCUT2D eigenvalue weighted by Gasteiger charge is 2.41. The molecular weight excluding hydrogens is 386 g/mol. The number of thioether (sulfide) groups is 1. The van der Waals surface area contributed by atoms with Gasteiger partial charge in [0.1, 0.15) is 13.2 Å². The maximum atomic E-state index is 13.5. The molecule has 6 heteroatoms. The number of rotatable bonds is 4. The highest BCUT2D eigenvalue weighted by Crippen LogP contribution is 2.42. The van der Waals surface area contributed by atoms with Crippen LogP contribution in [0.5, 0.6) is 11.5 Å². The highest BCUT2D eigenvalue weighted by atomic mass is 32.2. The molecular formula is C23H23NO4S. The molecule has 2 heterocycles. The van der Waals surface area contributed by atoms with E-state index in [0.29, 0.717) is 40.9 Å². The van der Waals surface area contributed by atoms with E-state index in [9.17, 15) is 9.59 Å². The Morgan fingerprint density at radius 2 is 1.66 bits per heavy atom. The van der Waals surface area contributed by atoms with Crippen LogP contribution in [0.3, 0.4) is 0 Å². The number of hydrogen-bond donors (Lipinski definition) is 0. The van der Waals surface area contributed by atoms with Crippen LogP contribution in [0.4, 0.5) is 5.69 Å². The Hall–Kier alpha value is -2.73. The standard InChI is InChI=1S/C23H23NO4S/c1-13(2)29-21-20(17-7-5-14(3)11-15(17)4)22(25)24(23(21)26)16-6-8-18-19(12-16)28-10-9-27-18/h5-8,11-13H,9-10H2,1-4H3. The van der Waals surface area contributed by atoms with Crippen molar-refractivity contribution in [3.63, 3.8) is 0 Å². The normalized spacial score (nSPS) is 16.2. The van der Waals surface area contributed by atoms with Crippen LogP contribution in [0.25, 0.3) is 5.57 Å². The van der Waals surface area contributed by atoms with Crippen molar-refractivity contribution in [1.29, 1.82) is 0 Å². The van der Waals surface area contributed by atoms with Gasteiger partial charge in [-0.15, -0.1) is 11.8 Å². The summed E-state index contributed by atoms with van der Waals surface area (Å²) in [7, 11) is 0. The lowest BCUT2D eigenvalue weighted by Crippen LogP contribution is -2.31. The topological polar surface area (TPSA) is 55.8 Å². The van der Waals surface area contributed by atoms with Crippen LogP contribution in [0, 0.1) is 13.8 Å². The molecule has 0 bridgehead atoms. The highest BCUT2D eigenvalue weighted by molar-refractivity contribution is 8.04. The molecule has 0 saturated carbocycles. The maximum absolute atomic E-state index is 13.5. The van der Waals surface area contributed by atoms with Gasteiger partial charge in [-0.3, -0.25) is 9.59 Å². The molecule has 4 rings (SSSR count). The molecule has 0 aromatic heterocycles. The van der Waals surface area contributed by atoms with Gasteiger partial charge in [0.25, 0.3) is 11.8 Å². The van der Waals surface area contributed by atoms with E-state index >= 15 is 0 Å². The first-order valence-electron chi connectivity index (χ1n) is 9.64. The molecule has 2 amide bonds. The van der Waals surface area contributed by atoms with Gasteiger partial charge in [-0.1, -0.05) is 37.6 Å². The first-order chi connectivity index (χ1) is 13.9. The van der Waals surface area contributed by atoms with Crippen LogP contribution in [0.2, 0.25) is 0 Å². The number of nitrogens with zero attached hydrogens (tertiary/aromatic N) is 1. The van der Waals surface area contributed by atoms with Crippen molar-refractivity contribution in [2.24, 2.45) is 0 Å². The summed E-state index contributed by atoms with van der Waals surface area (Å²) in [5.41, 5.74) is 3.86. The largest absolute Gasteiger partial charge is 0.486 e. The smallest absolute Gasteiger partial charge is 0.272 e. The maximum Gasteiger partial charge on any atom is 0.272 e. The molecule has 150 valence electrons. The molecule has 2 aliphatic heterocycles. The average Bonchev–Trinajstić information content (AvgIpc) is 2.91. The second-order valence-corrected chi connectivity index (χ2v) is 9.05. The van der Waals surface area contributed by atoms with Gasteiger partial charge in [0, 0.05) is 11.3 Å². The van der Waals surface area contributed by atoms with E-state index in [0.717, 1.165) is 16.7 Å². The number of fused-ring (bicyclic) bond motifs is 1. The summed E-state index contributed by atoms with van der Waals surface area (Å²) < 4.78 is 11.2. The Morgan fingerprint density at radius 3 is 2.34 bits per heavy atom. The van der Waals surface area contributed by atoms with E-state index in [-0.39, 0.29) is 17.1 Å². The molecule has 2 aromatic rings. The third-order valence-electron chi connectivity index (χ3n) is 4.83. The minimum Gasteiger partial charge on any atom is -0.486 e. The van der Waals surface area contributed by atoms with E-state index in [2.05, 4.69) is 0 Å². The van der Waals surface area contributed by atoms with Crippen molar-refractivity contribution >= 4 is 34.8 Å². The third kappa shape index (κ3) is 3.53. The molecule has 29 heavy (non-hydrogen) atoms. The first-order valence-corrected chi connectivity index (χ1v) is 10.5. The van der Waals surface area contributed by atoms with Crippen LogP contribution in [0.1, 0.15) is 30.5 Å². The molecule has 0 spiro atoms.